The number of amides is 1. The topological polar surface area (TPSA) is 29.5 Å². The van der Waals surface area contributed by atoms with Crippen LogP contribution in [0.5, 0.6) is 0 Å². The Kier molecular flexibility index (Phi) is 5.48. The Hall–Kier alpha value is -1.92. The third-order valence-electron chi connectivity index (χ3n) is 3.85. The largest absolute Gasteiger partial charge is 0.370 e. The summed E-state index contributed by atoms with van der Waals surface area (Å²) in [5.74, 6) is -2.56. The maximum atomic E-state index is 12.6. The van der Waals surface area contributed by atoms with E-state index < -0.39 is 5.76 Å². The predicted octanol–water partition coefficient (Wildman–Crippen LogP) is 4.22. The Labute approximate surface area is 143 Å². The van der Waals surface area contributed by atoms with E-state index in [0.29, 0.717) is 41.9 Å². The van der Waals surface area contributed by atoms with E-state index in [4.69, 9.17) is 4.74 Å². The van der Waals surface area contributed by atoms with Crippen LogP contribution in [0.1, 0.15) is 22.0 Å². The molecule has 0 N–H and O–H groups in total. The average molecular weight is 349 g/mol. The number of benzene rings is 2. The van der Waals surface area contributed by atoms with Crippen LogP contribution in [-0.2, 0) is 4.74 Å². The van der Waals surface area contributed by atoms with Gasteiger partial charge in [-0.15, -0.1) is 0 Å². The lowest BCUT2D eigenvalue weighted by Crippen LogP contribution is -2.42. The van der Waals surface area contributed by atoms with Gasteiger partial charge in [0.05, 0.1) is 13.2 Å². The number of hydrogen-bond acceptors (Lipinski definition) is 3. The number of alkyl halides is 2. The zero-order valence-corrected chi connectivity index (χ0v) is 13.7. The van der Waals surface area contributed by atoms with Crippen LogP contribution >= 0.6 is 11.8 Å². The number of halogens is 2. The molecule has 126 valence electrons. The van der Waals surface area contributed by atoms with Gasteiger partial charge in [0.2, 0.25) is 0 Å². The second-order valence-corrected chi connectivity index (χ2v) is 6.49. The van der Waals surface area contributed by atoms with E-state index in [1.807, 2.05) is 30.3 Å². The maximum Gasteiger partial charge on any atom is 0.288 e. The van der Waals surface area contributed by atoms with Gasteiger partial charge >= 0.3 is 0 Å². The Morgan fingerprint density at radius 3 is 2.50 bits per heavy atom. The van der Waals surface area contributed by atoms with Crippen molar-refractivity contribution in [2.75, 3.05) is 19.7 Å². The Morgan fingerprint density at radius 2 is 1.83 bits per heavy atom. The van der Waals surface area contributed by atoms with Crippen molar-refractivity contribution in [1.82, 2.24) is 4.90 Å². The van der Waals surface area contributed by atoms with Gasteiger partial charge in [0.15, 0.2) is 0 Å². The van der Waals surface area contributed by atoms with Gasteiger partial charge in [0.25, 0.3) is 11.7 Å². The summed E-state index contributed by atoms with van der Waals surface area (Å²) < 4.78 is 30.5. The monoisotopic (exact) mass is 349 g/mol. The first-order valence-corrected chi connectivity index (χ1v) is 8.52. The van der Waals surface area contributed by atoms with E-state index in [0.717, 1.165) is 5.56 Å². The summed E-state index contributed by atoms with van der Waals surface area (Å²) in [6.45, 7) is 1.48. The van der Waals surface area contributed by atoms with E-state index in [2.05, 4.69) is 0 Å². The van der Waals surface area contributed by atoms with E-state index >= 15 is 0 Å². The third-order valence-corrected chi connectivity index (χ3v) is 4.57. The molecule has 2 aromatic carbocycles. The van der Waals surface area contributed by atoms with Gasteiger partial charge in [-0.3, -0.25) is 4.79 Å². The number of thioether (sulfide) groups is 1. The molecule has 0 bridgehead atoms. The zero-order chi connectivity index (χ0) is 16.9. The van der Waals surface area contributed by atoms with Gasteiger partial charge in [-0.25, -0.2) is 0 Å². The van der Waals surface area contributed by atoms with Crippen molar-refractivity contribution < 1.29 is 18.3 Å². The van der Waals surface area contributed by atoms with Crippen molar-refractivity contribution in [3.8, 4) is 0 Å². The molecule has 24 heavy (non-hydrogen) atoms. The maximum absolute atomic E-state index is 12.6. The molecule has 1 atom stereocenters. The molecular weight excluding hydrogens is 332 g/mol. The smallest absolute Gasteiger partial charge is 0.288 e. The highest BCUT2D eigenvalue weighted by atomic mass is 32.2. The first-order valence-electron chi connectivity index (χ1n) is 7.64. The molecule has 0 aromatic heterocycles. The number of morpholine rings is 1. The Bertz CT molecular complexity index is 679. The van der Waals surface area contributed by atoms with Gasteiger partial charge in [-0.1, -0.05) is 42.1 Å². The molecule has 0 saturated carbocycles. The van der Waals surface area contributed by atoms with Crippen LogP contribution in [0.15, 0.2) is 59.5 Å². The van der Waals surface area contributed by atoms with Crippen LogP contribution in [0.3, 0.4) is 0 Å². The number of carbonyl (C=O) groups is 1. The molecule has 2 aromatic rings. The summed E-state index contributed by atoms with van der Waals surface area (Å²) in [6, 6.07) is 16.1. The number of ether oxygens (including phenoxy) is 1. The molecule has 6 heteroatoms. The van der Waals surface area contributed by atoms with Gasteiger partial charge in [0, 0.05) is 17.0 Å². The lowest BCUT2D eigenvalue weighted by molar-refractivity contribution is -0.0228. The van der Waals surface area contributed by atoms with Crippen LogP contribution < -0.4 is 0 Å². The second kappa shape index (κ2) is 7.77. The molecule has 1 amide bonds. The minimum Gasteiger partial charge on any atom is -0.370 e. The van der Waals surface area contributed by atoms with Gasteiger partial charge < -0.3 is 9.64 Å². The molecule has 3 nitrogen and oxygen atoms in total. The molecule has 0 aliphatic carbocycles. The normalized spacial score (nSPS) is 18.0. The van der Waals surface area contributed by atoms with E-state index in [9.17, 15) is 13.6 Å². The fraction of sp³-hybridized carbons (Fsp3) is 0.278. The Morgan fingerprint density at radius 1 is 1.12 bits per heavy atom. The molecule has 1 aliphatic rings. The lowest BCUT2D eigenvalue weighted by atomic mass is 10.1. The molecule has 1 heterocycles. The highest BCUT2D eigenvalue weighted by molar-refractivity contribution is 7.99. The summed E-state index contributed by atoms with van der Waals surface area (Å²) >= 11 is 0.474. The molecule has 0 spiro atoms. The quantitative estimate of drug-likeness (QED) is 0.774. The predicted molar refractivity (Wildman–Crippen MR) is 89.3 cm³/mol. The number of carbonyl (C=O) groups excluding carboxylic acids is 1. The number of nitrogens with zero attached hydrogens (tertiary/aromatic N) is 1. The summed E-state index contributed by atoms with van der Waals surface area (Å²) in [4.78, 5) is 14.8. The lowest BCUT2D eigenvalue weighted by Gasteiger charge is -2.33. The number of rotatable bonds is 4. The van der Waals surface area contributed by atoms with Crippen molar-refractivity contribution in [3.05, 3.63) is 65.7 Å². The van der Waals surface area contributed by atoms with Crippen LogP contribution in [0.4, 0.5) is 8.78 Å². The molecule has 3 rings (SSSR count). The summed E-state index contributed by atoms with van der Waals surface area (Å²) in [6.07, 6.45) is -0.141. The summed E-state index contributed by atoms with van der Waals surface area (Å²) in [5.41, 5.74) is 1.54. The molecule has 1 aliphatic heterocycles. The molecule has 1 fully saturated rings. The van der Waals surface area contributed by atoms with Crippen LogP contribution in [0.2, 0.25) is 0 Å². The summed E-state index contributed by atoms with van der Waals surface area (Å²) in [5, 5.41) is 0. The van der Waals surface area contributed by atoms with Crippen molar-refractivity contribution in [2.24, 2.45) is 0 Å². The van der Waals surface area contributed by atoms with Crippen molar-refractivity contribution in [2.45, 2.75) is 16.8 Å². The molecular formula is C18H17F2NO2S. The van der Waals surface area contributed by atoms with Crippen LogP contribution in [0.25, 0.3) is 0 Å². The van der Waals surface area contributed by atoms with Crippen molar-refractivity contribution >= 4 is 17.7 Å². The highest BCUT2D eigenvalue weighted by Gasteiger charge is 2.26. The van der Waals surface area contributed by atoms with Crippen LogP contribution in [-0.4, -0.2) is 36.3 Å². The third kappa shape index (κ3) is 4.13. The van der Waals surface area contributed by atoms with Gasteiger partial charge in [-0.05, 0) is 29.8 Å². The first-order chi connectivity index (χ1) is 11.6. The molecule has 1 unspecified atom stereocenters. The van der Waals surface area contributed by atoms with Crippen LogP contribution in [0, 0.1) is 0 Å². The van der Waals surface area contributed by atoms with Gasteiger partial charge in [0.1, 0.15) is 6.10 Å². The first kappa shape index (κ1) is 16.9. The minimum atomic E-state index is -2.46. The van der Waals surface area contributed by atoms with E-state index in [-0.39, 0.29) is 12.0 Å². The average Bonchev–Trinajstić information content (AvgIpc) is 2.62. The molecule has 1 saturated heterocycles. The fourth-order valence-corrected chi connectivity index (χ4v) is 3.16. The zero-order valence-electron chi connectivity index (χ0n) is 12.9. The minimum absolute atomic E-state index is 0.104. The molecule has 0 radical (unpaired) electrons. The standard InChI is InChI=1S/C18H17F2NO2S/c19-18(20)24-15-8-6-14(7-9-15)17(22)21-10-11-23-16(12-21)13-4-2-1-3-5-13/h1-9,16,18H,10-12H2. The highest BCUT2D eigenvalue weighted by Crippen LogP contribution is 2.26. The van der Waals surface area contributed by atoms with Crippen molar-refractivity contribution in [1.29, 1.82) is 0 Å². The Balaban J connectivity index is 1.68. The summed E-state index contributed by atoms with van der Waals surface area (Å²) in [7, 11) is 0. The van der Waals surface area contributed by atoms with E-state index in [1.165, 1.54) is 0 Å². The fourth-order valence-electron chi connectivity index (χ4n) is 2.66. The van der Waals surface area contributed by atoms with Gasteiger partial charge in [-0.2, -0.15) is 8.78 Å². The van der Waals surface area contributed by atoms with E-state index in [1.54, 1.807) is 29.2 Å². The van der Waals surface area contributed by atoms with Crippen molar-refractivity contribution in [3.63, 3.8) is 0 Å². The second-order valence-electron chi connectivity index (χ2n) is 5.42. The number of hydrogen-bond donors (Lipinski definition) is 0. The SMILES string of the molecule is O=C(c1ccc(SC(F)F)cc1)N1CCOC(c2ccccc2)C1.